The van der Waals surface area contributed by atoms with E-state index in [1.165, 1.54) is 10.3 Å². The first-order chi connectivity index (χ1) is 16.0. The van der Waals surface area contributed by atoms with Crippen LogP contribution in [0.15, 0.2) is 24.3 Å². The summed E-state index contributed by atoms with van der Waals surface area (Å²) in [6.07, 6.45) is 2.26. The van der Waals surface area contributed by atoms with Crippen LogP contribution in [0.1, 0.15) is 56.6 Å². The Hall–Kier alpha value is -2.38. The summed E-state index contributed by atoms with van der Waals surface area (Å²) in [5.74, 6) is 2.47. The molecule has 2 heterocycles. The number of aromatic nitrogens is 2. The fourth-order valence-electron chi connectivity index (χ4n) is 3.11. The number of ether oxygens (including phenoxy) is 3. The molecule has 0 saturated heterocycles. The van der Waals surface area contributed by atoms with E-state index in [0.717, 1.165) is 55.8 Å². The molecule has 182 valence electrons. The Bertz CT molecular complexity index is 1120. The molecule has 0 unspecified atom stereocenters. The van der Waals surface area contributed by atoms with Crippen molar-refractivity contribution in [2.24, 2.45) is 0 Å². The van der Waals surface area contributed by atoms with E-state index in [1.807, 2.05) is 53.7 Å². The summed E-state index contributed by atoms with van der Waals surface area (Å²) in [4.78, 5) is 8.88. The molecule has 0 aliphatic heterocycles. The number of hydrogen-bond donors (Lipinski definition) is 0. The molecule has 0 aliphatic carbocycles. The molecule has 0 radical (unpaired) electrons. The van der Waals surface area contributed by atoms with Crippen molar-refractivity contribution in [3.8, 4) is 17.2 Å². The number of nitrogens with zero attached hydrogens (tertiary/aromatic N) is 2. The number of fused-ring (bicyclic) bond motifs is 2. The van der Waals surface area contributed by atoms with E-state index in [0.29, 0.717) is 0 Å². The van der Waals surface area contributed by atoms with E-state index in [-0.39, 0.29) is 0 Å². The second-order valence-corrected chi connectivity index (χ2v) is 9.01. The maximum Gasteiger partial charge on any atom is 0.149 e. The lowest BCUT2D eigenvalue weighted by molar-refractivity contribution is 0.397. The standard InChI is InChI=1S/C12H15NOS.C10H11NO2S.2C2H6/c1-4-5-9-6-10(14-3)12-11(7-9)15-8(2)13-12;1-6-11-10-8(13-3)4-7(12-2)5-9(10)14-6;2*1-2/h6-7H,4-5H2,1-3H3;4-5H,1-3H3;2*1-2H3. The predicted octanol–water partition coefficient (Wildman–Crippen LogP) is 8.24. The smallest absolute Gasteiger partial charge is 0.149 e. The number of benzene rings is 2. The molecule has 7 heteroatoms. The van der Waals surface area contributed by atoms with Crippen LogP contribution in [0, 0.1) is 13.8 Å². The highest BCUT2D eigenvalue weighted by Crippen LogP contribution is 2.34. The molecule has 0 saturated carbocycles. The summed E-state index contributed by atoms with van der Waals surface area (Å²) in [6.45, 7) is 14.2. The number of methoxy groups -OCH3 is 3. The minimum atomic E-state index is 0.767. The molecule has 2 aromatic carbocycles. The molecule has 0 aliphatic rings. The summed E-state index contributed by atoms with van der Waals surface area (Å²) < 4.78 is 18.1. The van der Waals surface area contributed by atoms with Crippen LogP contribution in [0.4, 0.5) is 0 Å². The van der Waals surface area contributed by atoms with Crippen LogP contribution in [-0.2, 0) is 6.42 Å². The fourth-order valence-corrected chi connectivity index (χ4v) is 4.89. The zero-order chi connectivity index (χ0) is 25.0. The Balaban J connectivity index is 0.000000288. The minimum absolute atomic E-state index is 0.767. The average Bonchev–Trinajstić information content (AvgIpc) is 3.41. The third-order valence-corrected chi connectivity index (χ3v) is 6.22. The second-order valence-electron chi connectivity index (χ2n) is 6.54. The molecular weight excluding hydrogens is 452 g/mol. The van der Waals surface area contributed by atoms with E-state index < -0.39 is 0 Å². The fraction of sp³-hybridized carbons (Fsp3) is 0.462. The zero-order valence-corrected chi connectivity index (χ0v) is 23.3. The Morgan fingerprint density at radius 1 is 0.697 bits per heavy atom. The van der Waals surface area contributed by atoms with Crippen molar-refractivity contribution >= 4 is 43.1 Å². The molecule has 0 fully saturated rings. The van der Waals surface area contributed by atoms with Crippen molar-refractivity contribution < 1.29 is 14.2 Å². The Labute approximate surface area is 206 Å². The Kier molecular flexibility index (Phi) is 12.8. The van der Waals surface area contributed by atoms with Crippen LogP contribution in [0.2, 0.25) is 0 Å². The lowest BCUT2D eigenvalue weighted by Gasteiger charge is -2.04. The maximum atomic E-state index is 5.37. The topological polar surface area (TPSA) is 53.5 Å². The first-order valence-corrected chi connectivity index (χ1v) is 13.1. The van der Waals surface area contributed by atoms with Gasteiger partial charge in [-0.05, 0) is 44.0 Å². The molecule has 5 nitrogen and oxygen atoms in total. The lowest BCUT2D eigenvalue weighted by Crippen LogP contribution is -1.88. The zero-order valence-electron chi connectivity index (χ0n) is 21.7. The largest absolute Gasteiger partial charge is 0.497 e. The molecule has 33 heavy (non-hydrogen) atoms. The van der Waals surface area contributed by atoms with Crippen molar-refractivity contribution in [3.05, 3.63) is 39.8 Å². The van der Waals surface area contributed by atoms with Crippen molar-refractivity contribution in [1.82, 2.24) is 9.97 Å². The first kappa shape index (κ1) is 28.7. The van der Waals surface area contributed by atoms with Gasteiger partial charge in [-0.25, -0.2) is 9.97 Å². The van der Waals surface area contributed by atoms with Crippen molar-refractivity contribution in [2.75, 3.05) is 21.3 Å². The van der Waals surface area contributed by atoms with Gasteiger partial charge in [0.25, 0.3) is 0 Å². The van der Waals surface area contributed by atoms with Gasteiger partial charge in [-0.2, -0.15) is 0 Å². The molecular formula is C26H38N2O3S2. The highest BCUT2D eigenvalue weighted by atomic mass is 32.1. The van der Waals surface area contributed by atoms with Crippen LogP contribution >= 0.6 is 22.7 Å². The van der Waals surface area contributed by atoms with Gasteiger partial charge in [-0.1, -0.05) is 41.0 Å². The SMILES string of the molecule is CC.CC.CCCc1cc(OC)c2nc(C)sc2c1.COc1cc(OC)c2nc(C)sc2c1. The van der Waals surface area contributed by atoms with Gasteiger partial charge in [0.15, 0.2) is 0 Å². The molecule has 2 aromatic heterocycles. The van der Waals surface area contributed by atoms with E-state index in [1.54, 1.807) is 44.0 Å². The number of aryl methyl sites for hydroxylation is 3. The molecule has 0 spiro atoms. The van der Waals surface area contributed by atoms with Gasteiger partial charge < -0.3 is 14.2 Å². The second kappa shape index (κ2) is 14.7. The lowest BCUT2D eigenvalue weighted by atomic mass is 10.1. The molecule has 0 atom stereocenters. The highest BCUT2D eigenvalue weighted by Gasteiger charge is 2.09. The normalized spacial score (nSPS) is 9.76. The number of thiazole rings is 2. The third kappa shape index (κ3) is 7.57. The van der Waals surface area contributed by atoms with Crippen LogP contribution in [0.3, 0.4) is 0 Å². The molecule has 0 bridgehead atoms. The summed E-state index contributed by atoms with van der Waals surface area (Å²) in [7, 11) is 5.00. The van der Waals surface area contributed by atoms with Crippen LogP contribution in [-0.4, -0.2) is 31.3 Å². The third-order valence-electron chi connectivity index (χ3n) is 4.38. The van der Waals surface area contributed by atoms with Gasteiger partial charge >= 0.3 is 0 Å². The number of hydrogen-bond acceptors (Lipinski definition) is 7. The monoisotopic (exact) mass is 490 g/mol. The summed E-state index contributed by atoms with van der Waals surface area (Å²) >= 11 is 3.37. The van der Waals surface area contributed by atoms with Crippen molar-refractivity contribution in [1.29, 1.82) is 0 Å². The Morgan fingerprint density at radius 2 is 1.18 bits per heavy atom. The molecule has 4 rings (SSSR count). The van der Waals surface area contributed by atoms with E-state index in [9.17, 15) is 0 Å². The predicted molar refractivity (Wildman–Crippen MR) is 145 cm³/mol. The highest BCUT2D eigenvalue weighted by molar-refractivity contribution is 7.18. The van der Waals surface area contributed by atoms with Crippen LogP contribution in [0.5, 0.6) is 17.2 Å². The molecule has 4 aromatic rings. The van der Waals surface area contributed by atoms with E-state index in [4.69, 9.17) is 14.2 Å². The first-order valence-electron chi connectivity index (χ1n) is 11.4. The van der Waals surface area contributed by atoms with Gasteiger partial charge in [-0.3, -0.25) is 0 Å². The van der Waals surface area contributed by atoms with Gasteiger partial charge in [0.1, 0.15) is 28.3 Å². The van der Waals surface area contributed by atoms with Crippen LogP contribution in [0.25, 0.3) is 20.4 Å². The quantitative estimate of drug-likeness (QED) is 0.282. The Morgan fingerprint density at radius 3 is 1.64 bits per heavy atom. The van der Waals surface area contributed by atoms with E-state index >= 15 is 0 Å². The van der Waals surface area contributed by atoms with Gasteiger partial charge in [0.05, 0.1) is 40.7 Å². The summed E-state index contributed by atoms with van der Waals surface area (Å²) in [5.41, 5.74) is 3.25. The summed E-state index contributed by atoms with van der Waals surface area (Å²) in [6, 6.07) is 8.15. The van der Waals surface area contributed by atoms with Crippen LogP contribution < -0.4 is 14.2 Å². The maximum absolute atomic E-state index is 5.37. The minimum Gasteiger partial charge on any atom is -0.497 e. The van der Waals surface area contributed by atoms with Crippen molar-refractivity contribution in [3.63, 3.8) is 0 Å². The van der Waals surface area contributed by atoms with E-state index in [2.05, 4.69) is 29.0 Å². The van der Waals surface area contributed by atoms with Gasteiger partial charge in [0, 0.05) is 6.07 Å². The molecule has 0 amide bonds. The summed E-state index contributed by atoms with van der Waals surface area (Å²) in [5, 5.41) is 2.13. The van der Waals surface area contributed by atoms with Gasteiger partial charge in [0.2, 0.25) is 0 Å². The molecule has 0 N–H and O–H groups in total. The number of rotatable bonds is 5. The average molecular weight is 491 g/mol. The van der Waals surface area contributed by atoms with Crippen molar-refractivity contribution in [2.45, 2.75) is 61.3 Å². The van der Waals surface area contributed by atoms with Gasteiger partial charge in [-0.15, -0.1) is 22.7 Å².